The number of aryl methyl sites for hydroxylation is 1. The number of aliphatic hydroxyl groups excluding tert-OH is 1. The first-order valence-corrected chi connectivity index (χ1v) is 8.44. The lowest BCUT2D eigenvalue weighted by Gasteiger charge is -2.30. The number of aliphatic hydroxyl groups is 1. The predicted octanol–water partition coefficient (Wildman–Crippen LogP) is 2.60. The van der Waals surface area contributed by atoms with E-state index in [4.69, 9.17) is 9.26 Å². The zero-order valence-corrected chi connectivity index (χ0v) is 14.3. The molecule has 1 heterocycles. The summed E-state index contributed by atoms with van der Waals surface area (Å²) in [5, 5.41) is 17.0. The Balaban J connectivity index is 1.49. The SMILES string of the molecule is Cc1nc(COc2ccc(CNC3CCCC3(C)CO)cc2)no1. The van der Waals surface area contributed by atoms with Crippen molar-refractivity contribution in [2.75, 3.05) is 6.61 Å². The normalized spacial score (nSPS) is 23.5. The quantitative estimate of drug-likeness (QED) is 0.812. The predicted molar refractivity (Wildman–Crippen MR) is 89.5 cm³/mol. The van der Waals surface area contributed by atoms with E-state index in [1.165, 1.54) is 12.0 Å². The van der Waals surface area contributed by atoms with Crippen LogP contribution in [0.2, 0.25) is 0 Å². The van der Waals surface area contributed by atoms with Gasteiger partial charge in [-0.2, -0.15) is 4.98 Å². The molecule has 1 aromatic carbocycles. The van der Waals surface area contributed by atoms with Gasteiger partial charge in [0, 0.05) is 31.5 Å². The molecule has 3 rings (SSSR count). The number of aromatic nitrogens is 2. The minimum absolute atomic E-state index is 0.00573. The van der Waals surface area contributed by atoms with Crippen LogP contribution in [-0.4, -0.2) is 27.9 Å². The second-order valence-electron chi connectivity index (χ2n) is 6.80. The molecule has 2 N–H and O–H groups in total. The van der Waals surface area contributed by atoms with Crippen LogP contribution < -0.4 is 10.1 Å². The maximum atomic E-state index is 9.61. The minimum Gasteiger partial charge on any atom is -0.485 e. The Hall–Kier alpha value is -1.92. The third-order valence-corrected chi connectivity index (χ3v) is 4.86. The number of hydrogen-bond donors (Lipinski definition) is 2. The van der Waals surface area contributed by atoms with E-state index in [0.717, 1.165) is 25.1 Å². The van der Waals surface area contributed by atoms with Crippen LogP contribution in [0.4, 0.5) is 0 Å². The van der Waals surface area contributed by atoms with Crippen molar-refractivity contribution >= 4 is 0 Å². The number of hydrogen-bond acceptors (Lipinski definition) is 6. The number of nitrogens with one attached hydrogen (secondary N) is 1. The Bertz CT molecular complexity index is 656. The minimum atomic E-state index is 0.00573. The third-order valence-electron chi connectivity index (χ3n) is 4.86. The molecule has 0 amide bonds. The van der Waals surface area contributed by atoms with Crippen molar-refractivity contribution in [3.05, 3.63) is 41.5 Å². The second kappa shape index (κ2) is 7.32. The van der Waals surface area contributed by atoms with Crippen LogP contribution in [0.3, 0.4) is 0 Å². The molecule has 0 saturated heterocycles. The van der Waals surface area contributed by atoms with E-state index < -0.39 is 0 Å². The van der Waals surface area contributed by atoms with E-state index in [-0.39, 0.29) is 12.0 Å². The molecule has 130 valence electrons. The van der Waals surface area contributed by atoms with Gasteiger partial charge in [0.15, 0.2) is 6.61 Å². The second-order valence-corrected chi connectivity index (χ2v) is 6.80. The largest absolute Gasteiger partial charge is 0.485 e. The van der Waals surface area contributed by atoms with E-state index in [0.29, 0.717) is 24.4 Å². The summed E-state index contributed by atoms with van der Waals surface area (Å²) in [4.78, 5) is 4.11. The molecule has 1 aliphatic carbocycles. The highest BCUT2D eigenvalue weighted by atomic mass is 16.5. The molecular weight excluding hydrogens is 306 g/mol. The molecule has 0 aliphatic heterocycles. The van der Waals surface area contributed by atoms with Crippen LogP contribution in [-0.2, 0) is 13.2 Å². The van der Waals surface area contributed by atoms with Crippen LogP contribution >= 0.6 is 0 Å². The first-order valence-electron chi connectivity index (χ1n) is 8.44. The van der Waals surface area contributed by atoms with Gasteiger partial charge >= 0.3 is 0 Å². The Morgan fingerprint density at radius 1 is 1.38 bits per heavy atom. The standard InChI is InChI=1S/C18H25N3O3/c1-13-20-17(21-24-13)11-23-15-7-5-14(6-8-15)10-19-16-4-3-9-18(16,2)12-22/h5-8,16,19,22H,3-4,9-12H2,1-2H3. The molecule has 0 radical (unpaired) electrons. The molecule has 24 heavy (non-hydrogen) atoms. The van der Waals surface area contributed by atoms with Gasteiger partial charge in [0.25, 0.3) is 0 Å². The van der Waals surface area contributed by atoms with E-state index in [9.17, 15) is 5.11 Å². The van der Waals surface area contributed by atoms with Crippen LogP contribution in [0.25, 0.3) is 0 Å². The fourth-order valence-electron chi connectivity index (χ4n) is 3.26. The highest BCUT2D eigenvalue weighted by Gasteiger charge is 2.37. The molecule has 2 atom stereocenters. The molecule has 1 aliphatic rings. The summed E-state index contributed by atoms with van der Waals surface area (Å²) in [5.74, 6) is 1.86. The van der Waals surface area contributed by atoms with Crippen LogP contribution in [0.15, 0.2) is 28.8 Å². The van der Waals surface area contributed by atoms with Crippen molar-refractivity contribution in [3.63, 3.8) is 0 Å². The topological polar surface area (TPSA) is 80.4 Å². The summed E-state index contributed by atoms with van der Waals surface area (Å²) in [6.45, 7) is 5.25. The maximum Gasteiger partial charge on any atom is 0.223 e. The molecule has 1 fully saturated rings. The first kappa shape index (κ1) is 16.9. The summed E-state index contributed by atoms with van der Waals surface area (Å²) in [5.41, 5.74) is 1.20. The molecule has 6 nitrogen and oxygen atoms in total. The van der Waals surface area contributed by atoms with Crippen molar-refractivity contribution in [1.82, 2.24) is 15.5 Å². The molecule has 6 heteroatoms. The number of nitrogens with zero attached hydrogens (tertiary/aromatic N) is 2. The Labute approximate surface area is 142 Å². The van der Waals surface area contributed by atoms with Crippen molar-refractivity contribution in [3.8, 4) is 5.75 Å². The lowest BCUT2D eigenvalue weighted by atomic mass is 9.86. The molecular formula is C18H25N3O3. The Kier molecular flexibility index (Phi) is 5.16. The van der Waals surface area contributed by atoms with Crippen molar-refractivity contribution in [2.45, 2.75) is 52.3 Å². The number of rotatable bonds is 7. The molecule has 1 aromatic heterocycles. The lowest BCUT2D eigenvalue weighted by molar-refractivity contribution is 0.118. The third kappa shape index (κ3) is 3.94. The smallest absolute Gasteiger partial charge is 0.223 e. The molecule has 2 unspecified atom stereocenters. The maximum absolute atomic E-state index is 9.61. The van der Waals surface area contributed by atoms with Crippen molar-refractivity contribution in [1.29, 1.82) is 0 Å². The summed E-state index contributed by atoms with van der Waals surface area (Å²) in [6, 6.07) is 8.37. The van der Waals surface area contributed by atoms with Gasteiger partial charge in [-0.1, -0.05) is 30.6 Å². The van der Waals surface area contributed by atoms with E-state index in [1.807, 2.05) is 12.1 Å². The van der Waals surface area contributed by atoms with Gasteiger partial charge in [-0.3, -0.25) is 0 Å². The average molecular weight is 331 g/mol. The van der Waals surface area contributed by atoms with Gasteiger partial charge < -0.3 is 19.7 Å². The number of ether oxygens (including phenoxy) is 1. The van der Waals surface area contributed by atoms with Crippen LogP contribution in [0.1, 0.15) is 43.5 Å². The van der Waals surface area contributed by atoms with E-state index >= 15 is 0 Å². The van der Waals surface area contributed by atoms with E-state index in [1.54, 1.807) is 6.92 Å². The van der Waals surface area contributed by atoms with Gasteiger partial charge in [-0.05, 0) is 30.5 Å². The molecule has 2 aromatic rings. The summed E-state index contributed by atoms with van der Waals surface area (Å²) >= 11 is 0. The Morgan fingerprint density at radius 3 is 2.83 bits per heavy atom. The fraction of sp³-hybridized carbons (Fsp3) is 0.556. The Morgan fingerprint density at radius 2 is 2.17 bits per heavy atom. The monoisotopic (exact) mass is 331 g/mol. The van der Waals surface area contributed by atoms with Crippen molar-refractivity contribution < 1.29 is 14.4 Å². The molecule has 0 spiro atoms. The van der Waals surface area contributed by atoms with Crippen molar-refractivity contribution in [2.24, 2.45) is 5.41 Å². The van der Waals surface area contributed by atoms with Crippen LogP contribution in [0.5, 0.6) is 5.75 Å². The molecule has 0 bridgehead atoms. The lowest BCUT2D eigenvalue weighted by Crippen LogP contribution is -2.41. The summed E-state index contributed by atoms with van der Waals surface area (Å²) < 4.78 is 10.6. The van der Waals surface area contributed by atoms with Gasteiger partial charge in [0.1, 0.15) is 5.75 Å². The zero-order valence-electron chi connectivity index (χ0n) is 14.3. The highest BCUT2D eigenvalue weighted by molar-refractivity contribution is 5.27. The van der Waals surface area contributed by atoms with Gasteiger partial charge in [-0.15, -0.1) is 0 Å². The fourth-order valence-corrected chi connectivity index (χ4v) is 3.26. The first-order chi connectivity index (χ1) is 11.6. The zero-order chi connectivity index (χ0) is 17.0. The molecule has 1 saturated carbocycles. The van der Waals surface area contributed by atoms with Gasteiger partial charge in [0.2, 0.25) is 11.7 Å². The van der Waals surface area contributed by atoms with E-state index in [2.05, 4.69) is 34.5 Å². The summed E-state index contributed by atoms with van der Waals surface area (Å²) in [6.07, 6.45) is 3.39. The number of benzene rings is 1. The van der Waals surface area contributed by atoms with Gasteiger partial charge in [0.05, 0.1) is 0 Å². The highest BCUT2D eigenvalue weighted by Crippen LogP contribution is 2.37. The average Bonchev–Trinajstić information content (AvgIpc) is 3.18. The van der Waals surface area contributed by atoms with Crippen LogP contribution in [0, 0.1) is 12.3 Å². The van der Waals surface area contributed by atoms with Gasteiger partial charge in [-0.25, -0.2) is 0 Å². The summed E-state index contributed by atoms with van der Waals surface area (Å²) in [7, 11) is 0.